The number of piperidine rings is 1. The molecule has 0 spiro atoms. The van der Waals surface area contributed by atoms with Gasteiger partial charge in [-0.25, -0.2) is 0 Å². The van der Waals surface area contributed by atoms with Crippen LogP contribution < -0.4 is 10.6 Å². The first-order valence-corrected chi connectivity index (χ1v) is 6.76. The predicted molar refractivity (Wildman–Crippen MR) is 84.2 cm³/mol. The zero-order valence-corrected chi connectivity index (χ0v) is 13.2. The highest BCUT2D eigenvalue weighted by atomic mass is 35.5. The molecule has 2 unspecified atom stereocenters. The number of hydrogen-bond acceptors (Lipinski definition) is 3. The summed E-state index contributed by atoms with van der Waals surface area (Å²) in [5, 5.41) is 7.05. The van der Waals surface area contributed by atoms with Crippen LogP contribution >= 0.6 is 36.4 Å². The van der Waals surface area contributed by atoms with E-state index in [1.54, 1.807) is 12.3 Å². The lowest BCUT2D eigenvalue weighted by molar-refractivity contribution is 0.0924. The van der Waals surface area contributed by atoms with Crippen molar-refractivity contribution in [3.8, 4) is 0 Å². The first-order chi connectivity index (χ1) is 8.72. The van der Waals surface area contributed by atoms with Gasteiger partial charge in [0.05, 0.1) is 10.6 Å². The minimum absolute atomic E-state index is 0. The summed E-state index contributed by atoms with van der Waals surface area (Å²) in [6.45, 7) is 0. The summed E-state index contributed by atoms with van der Waals surface area (Å²) >= 11 is 5.97. The number of carbonyl (C=O) groups excluding carboxylic acids is 1. The van der Waals surface area contributed by atoms with E-state index in [2.05, 4.69) is 15.6 Å². The second-order valence-corrected chi connectivity index (χ2v) is 5.54. The molecule has 2 aliphatic rings. The average Bonchev–Trinajstić information content (AvgIpc) is 2.69. The molecule has 0 aliphatic carbocycles. The van der Waals surface area contributed by atoms with E-state index >= 15 is 0 Å². The van der Waals surface area contributed by atoms with Crippen LogP contribution in [0.2, 0.25) is 5.02 Å². The molecule has 4 nitrogen and oxygen atoms in total. The van der Waals surface area contributed by atoms with Gasteiger partial charge >= 0.3 is 0 Å². The molecule has 1 aromatic rings. The third kappa shape index (κ3) is 3.76. The maximum atomic E-state index is 12.1. The number of nitrogens with one attached hydrogen (secondary N) is 2. The second-order valence-electron chi connectivity index (χ2n) is 5.14. The molecule has 3 heterocycles. The Labute approximate surface area is 135 Å². The molecule has 7 heteroatoms. The fraction of sp³-hybridized carbons (Fsp3) is 0.538. The van der Waals surface area contributed by atoms with Gasteiger partial charge in [0.2, 0.25) is 0 Å². The van der Waals surface area contributed by atoms with Crippen LogP contribution in [0.5, 0.6) is 0 Å². The summed E-state index contributed by atoms with van der Waals surface area (Å²) in [6.07, 6.45) is 7.59. The van der Waals surface area contributed by atoms with Crippen molar-refractivity contribution in [3.05, 3.63) is 29.0 Å². The van der Waals surface area contributed by atoms with Crippen LogP contribution in [0.4, 0.5) is 0 Å². The molecule has 0 radical (unpaired) electrons. The van der Waals surface area contributed by atoms with Gasteiger partial charge < -0.3 is 10.6 Å². The van der Waals surface area contributed by atoms with Gasteiger partial charge in [0, 0.05) is 30.5 Å². The quantitative estimate of drug-likeness (QED) is 0.871. The van der Waals surface area contributed by atoms with Gasteiger partial charge in [0.25, 0.3) is 5.91 Å². The minimum Gasteiger partial charge on any atom is -0.349 e. The molecule has 20 heavy (non-hydrogen) atoms. The van der Waals surface area contributed by atoms with Gasteiger partial charge in [-0.15, -0.1) is 24.8 Å². The molecule has 2 atom stereocenters. The molecule has 0 saturated carbocycles. The predicted octanol–water partition coefficient (Wildman–Crippen LogP) is 2.59. The number of nitrogens with zero attached hydrogens (tertiary/aromatic N) is 1. The Bertz CT molecular complexity index is 460. The average molecular weight is 339 g/mol. The maximum absolute atomic E-state index is 12.1. The summed E-state index contributed by atoms with van der Waals surface area (Å²) in [4.78, 5) is 16.0. The van der Waals surface area contributed by atoms with E-state index in [9.17, 15) is 4.79 Å². The lowest BCUT2D eigenvalue weighted by Gasteiger charge is -2.29. The van der Waals surface area contributed by atoms with Crippen molar-refractivity contribution in [2.24, 2.45) is 0 Å². The molecule has 3 rings (SSSR count). The third-order valence-electron chi connectivity index (χ3n) is 3.83. The normalized spacial score (nSPS) is 27.1. The molecule has 2 fully saturated rings. The molecule has 2 N–H and O–H groups in total. The summed E-state index contributed by atoms with van der Waals surface area (Å²) in [5.74, 6) is -0.0892. The number of halogens is 3. The number of amides is 1. The maximum Gasteiger partial charge on any atom is 0.253 e. The number of hydrogen-bond donors (Lipinski definition) is 2. The van der Waals surface area contributed by atoms with Gasteiger partial charge in [0.1, 0.15) is 0 Å². The van der Waals surface area contributed by atoms with Crippen molar-refractivity contribution >= 4 is 42.3 Å². The van der Waals surface area contributed by atoms with Crippen LogP contribution in [0.1, 0.15) is 36.0 Å². The van der Waals surface area contributed by atoms with Gasteiger partial charge in [-0.05, 0) is 31.7 Å². The van der Waals surface area contributed by atoms with E-state index in [0.29, 0.717) is 22.7 Å². The smallest absolute Gasteiger partial charge is 0.253 e. The molecule has 2 saturated heterocycles. The molecular weight excluding hydrogens is 321 g/mol. The van der Waals surface area contributed by atoms with E-state index < -0.39 is 0 Å². The number of rotatable bonds is 2. The summed E-state index contributed by atoms with van der Waals surface area (Å²) in [5.41, 5.74) is 0.512. The number of carbonyl (C=O) groups is 1. The molecule has 112 valence electrons. The fourth-order valence-electron chi connectivity index (χ4n) is 3.00. The number of fused-ring (bicyclic) bond motifs is 2. The Kier molecular flexibility index (Phi) is 6.52. The second kappa shape index (κ2) is 7.46. The van der Waals surface area contributed by atoms with E-state index in [1.165, 1.54) is 19.0 Å². The molecule has 2 bridgehead atoms. The zero-order valence-electron chi connectivity index (χ0n) is 10.8. The zero-order chi connectivity index (χ0) is 12.5. The van der Waals surface area contributed by atoms with E-state index in [4.69, 9.17) is 11.6 Å². The van der Waals surface area contributed by atoms with Gasteiger partial charge in [0.15, 0.2) is 0 Å². The highest BCUT2D eigenvalue weighted by Crippen LogP contribution is 2.27. The van der Waals surface area contributed by atoms with E-state index in [1.807, 2.05) is 0 Å². The fourth-order valence-corrected chi connectivity index (χ4v) is 3.20. The molecule has 1 amide bonds. The SMILES string of the molecule is Cl.Cl.O=C(NC1CC2CCC(C1)N2)c1ccncc1Cl. The van der Waals surface area contributed by atoms with Crippen LogP contribution in [-0.4, -0.2) is 29.0 Å². The van der Waals surface area contributed by atoms with Crippen molar-refractivity contribution < 1.29 is 4.79 Å². The number of aromatic nitrogens is 1. The Balaban J connectivity index is 0.000001000. The lowest BCUT2D eigenvalue weighted by atomic mass is 9.99. The van der Waals surface area contributed by atoms with Crippen LogP contribution in [-0.2, 0) is 0 Å². The minimum atomic E-state index is -0.0892. The van der Waals surface area contributed by atoms with E-state index in [0.717, 1.165) is 12.8 Å². The highest BCUT2D eigenvalue weighted by Gasteiger charge is 2.34. The van der Waals surface area contributed by atoms with Gasteiger partial charge in [-0.1, -0.05) is 11.6 Å². The van der Waals surface area contributed by atoms with Crippen molar-refractivity contribution in [1.29, 1.82) is 0 Å². The molecule has 1 aromatic heterocycles. The van der Waals surface area contributed by atoms with E-state index in [-0.39, 0.29) is 36.8 Å². The summed E-state index contributed by atoms with van der Waals surface area (Å²) in [6, 6.07) is 3.07. The Hall–Kier alpha value is -0.550. The Morgan fingerprint density at radius 2 is 1.95 bits per heavy atom. The molecule has 2 aliphatic heterocycles. The summed E-state index contributed by atoms with van der Waals surface area (Å²) < 4.78 is 0. The Morgan fingerprint density at radius 1 is 1.30 bits per heavy atom. The lowest BCUT2D eigenvalue weighted by Crippen LogP contribution is -2.48. The monoisotopic (exact) mass is 337 g/mol. The summed E-state index contributed by atoms with van der Waals surface area (Å²) in [7, 11) is 0. The highest BCUT2D eigenvalue weighted by molar-refractivity contribution is 6.33. The first kappa shape index (κ1) is 17.5. The van der Waals surface area contributed by atoms with Crippen molar-refractivity contribution in [2.45, 2.75) is 43.8 Å². The third-order valence-corrected chi connectivity index (χ3v) is 4.13. The van der Waals surface area contributed by atoms with Crippen LogP contribution in [0.25, 0.3) is 0 Å². The molecular formula is C13H18Cl3N3O. The first-order valence-electron chi connectivity index (χ1n) is 6.39. The standard InChI is InChI=1S/C13H16ClN3O.2ClH/c14-12-7-15-4-3-11(12)13(18)17-10-5-8-1-2-9(6-10)16-8;;/h3-4,7-10,16H,1-2,5-6H2,(H,17,18);2*1H. The number of pyridine rings is 1. The molecule has 0 aromatic carbocycles. The van der Waals surface area contributed by atoms with Crippen LogP contribution in [0.3, 0.4) is 0 Å². The Morgan fingerprint density at radius 3 is 2.55 bits per heavy atom. The topological polar surface area (TPSA) is 54.0 Å². The largest absolute Gasteiger partial charge is 0.349 e. The van der Waals surface area contributed by atoms with Crippen molar-refractivity contribution in [3.63, 3.8) is 0 Å². The van der Waals surface area contributed by atoms with Gasteiger partial charge in [-0.3, -0.25) is 9.78 Å². The van der Waals surface area contributed by atoms with Crippen molar-refractivity contribution in [1.82, 2.24) is 15.6 Å². The van der Waals surface area contributed by atoms with Gasteiger partial charge in [-0.2, -0.15) is 0 Å². The van der Waals surface area contributed by atoms with Crippen LogP contribution in [0, 0.1) is 0 Å². The van der Waals surface area contributed by atoms with Crippen molar-refractivity contribution in [2.75, 3.05) is 0 Å². The van der Waals surface area contributed by atoms with Crippen LogP contribution in [0.15, 0.2) is 18.5 Å².